The van der Waals surface area contributed by atoms with Crippen molar-refractivity contribution >= 4 is 17.5 Å². The molecule has 0 unspecified atom stereocenters. The third-order valence-electron chi connectivity index (χ3n) is 4.88. The number of amides is 1. The van der Waals surface area contributed by atoms with Gasteiger partial charge in [-0.2, -0.15) is 0 Å². The van der Waals surface area contributed by atoms with E-state index in [0.717, 1.165) is 17.9 Å². The molecule has 3 nitrogen and oxygen atoms in total. The molecule has 1 N–H and O–H groups in total. The van der Waals surface area contributed by atoms with Gasteiger partial charge in [-0.25, -0.2) is 0 Å². The second-order valence-electron chi connectivity index (χ2n) is 6.88. The Morgan fingerprint density at radius 3 is 2.29 bits per heavy atom. The maximum Gasteiger partial charge on any atom is 0.252 e. The largest absolute Gasteiger partial charge is 0.376 e. The van der Waals surface area contributed by atoms with Crippen molar-refractivity contribution in [2.75, 3.05) is 13.2 Å². The van der Waals surface area contributed by atoms with Gasteiger partial charge in [0.25, 0.3) is 5.91 Å². The molecule has 2 aliphatic rings. The Labute approximate surface area is 147 Å². The molecule has 1 aliphatic carbocycles. The molecular formula is C20H20ClNO2. The fourth-order valence-electron chi connectivity index (χ4n) is 3.12. The third kappa shape index (κ3) is 3.19. The lowest BCUT2D eigenvalue weighted by atomic mass is 9.87. The highest BCUT2D eigenvalue weighted by Crippen LogP contribution is 2.33. The Morgan fingerprint density at radius 1 is 1.08 bits per heavy atom. The number of ether oxygens (including phenoxy) is 1. The molecule has 1 aliphatic heterocycles. The van der Waals surface area contributed by atoms with Crippen LogP contribution in [0.4, 0.5) is 0 Å². The van der Waals surface area contributed by atoms with E-state index in [1.807, 2.05) is 36.4 Å². The molecule has 24 heavy (non-hydrogen) atoms. The van der Waals surface area contributed by atoms with E-state index in [4.69, 9.17) is 16.3 Å². The number of halogens is 1. The average molecular weight is 342 g/mol. The van der Waals surface area contributed by atoms with Crippen LogP contribution in [0.1, 0.15) is 34.3 Å². The molecule has 2 aromatic carbocycles. The predicted octanol–water partition coefficient (Wildman–Crippen LogP) is 3.95. The maximum absolute atomic E-state index is 12.6. The van der Waals surface area contributed by atoms with Gasteiger partial charge in [0.15, 0.2) is 0 Å². The molecule has 4 heteroatoms. The Bertz CT molecular complexity index is 731. The van der Waals surface area contributed by atoms with E-state index < -0.39 is 5.54 Å². The van der Waals surface area contributed by atoms with Crippen molar-refractivity contribution in [3.05, 3.63) is 70.2 Å². The minimum Gasteiger partial charge on any atom is -0.376 e. The molecule has 0 radical (unpaired) electrons. The van der Waals surface area contributed by atoms with Gasteiger partial charge in [0.2, 0.25) is 0 Å². The topological polar surface area (TPSA) is 38.3 Å². The first-order valence-corrected chi connectivity index (χ1v) is 8.78. The van der Waals surface area contributed by atoms with Crippen LogP contribution in [0.2, 0.25) is 5.02 Å². The molecule has 1 saturated carbocycles. The van der Waals surface area contributed by atoms with Crippen LogP contribution in [0.15, 0.2) is 48.5 Å². The molecule has 0 bridgehead atoms. The van der Waals surface area contributed by atoms with Gasteiger partial charge in [-0.05, 0) is 60.6 Å². The normalized spacial score (nSPS) is 18.7. The summed E-state index contributed by atoms with van der Waals surface area (Å²) in [5, 5.41) is 3.83. The molecule has 0 spiro atoms. The van der Waals surface area contributed by atoms with Crippen molar-refractivity contribution < 1.29 is 9.53 Å². The second kappa shape index (κ2) is 6.23. The highest BCUT2D eigenvalue weighted by atomic mass is 35.5. The number of hydrogen-bond acceptors (Lipinski definition) is 2. The summed E-state index contributed by atoms with van der Waals surface area (Å²) in [4.78, 5) is 12.6. The molecule has 1 saturated heterocycles. The standard InChI is InChI=1S/C20H20ClNO2/c21-18-9-7-17(8-10-18)20(12-24-13-20)22-19(23)16-5-3-15(4-6-16)11-14-1-2-14/h3-10,14H,1-2,11-13H2,(H,22,23). The molecule has 0 atom stereocenters. The van der Waals surface area contributed by atoms with Crippen LogP contribution in [0, 0.1) is 5.92 Å². The molecule has 4 rings (SSSR count). The van der Waals surface area contributed by atoms with Gasteiger partial charge in [0.1, 0.15) is 5.54 Å². The first-order chi connectivity index (χ1) is 11.6. The summed E-state index contributed by atoms with van der Waals surface area (Å²) in [5.41, 5.74) is 2.58. The third-order valence-corrected chi connectivity index (χ3v) is 5.14. The zero-order chi connectivity index (χ0) is 16.6. The monoisotopic (exact) mass is 341 g/mol. The van der Waals surface area contributed by atoms with E-state index in [2.05, 4.69) is 17.4 Å². The smallest absolute Gasteiger partial charge is 0.252 e. The molecule has 1 heterocycles. The van der Waals surface area contributed by atoms with E-state index in [1.54, 1.807) is 0 Å². The first-order valence-electron chi connectivity index (χ1n) is 8.40. The zero-order valence-electron chi connectivity index (χ0n) is 13.4. The van der Waals surface area contributed by atoms with Gasteiger partial charge >= 0.3 is 0 Å². The predicted molar refractivity (Wildman–Crippen MR) is 94.3 cm³/mol. The highest BCUT2D eigenvalue weighted by molar-refractivity contribution is 6.30. The highest BCUT2D eigenvalue weighted by Gasteiger charge is 2.41. The molecule has 124 valence electrons. The van der Waals surface area contributed by atoms with Crippen molar-refractivity contribution in [3.8, 4) is 0 Å². The van der Waals surface area contributed by atoms with E-state index in [0.29, 0.717) is 23.8 Å². The van der Waals surface area contributed by atoms with Crippen molar-refractivity contribution in [3.63, 3.8) is 0 Å². The lowest BCUT2D eigenvalue weighted by Crippen LogP contribution is -2.59. The van der Waals surface area contributed by atoms with Crippen LogP contribution in [0.25, 0.3) is 0 Å². The van der Waals surface area contributed by atoms with Crippen molar-refractivity contribution in [1.82, 2.24) is 5.32 Å². The summed E-state index contributed by atoms with van der Waals surface area (Å²) < 4.78 is 5.38. The van der Waals surface area contributed by atoms with E-state index in [-0.39, 0.29) is 5.91 Å². The maximum atomic E-state index is 12.6. The second-order valence-corrected chi connectivity index (χ2v) is 7.32. The fourth-order valence-corrected chi connectivity index (χ4v) is 3.25. The Balaban J connectivity index is 1.48. The molecule has 2 fully saturated rings. The summed E-state index contributed by atoms with van der Waals surface area (Å²) in [5.74, 6) is 0.788. The SMILES string of the molecule is O=C(NC1(c2ccc(Cl)cc2)COC1)c1ccc(CC2CC2)cc1. The van der Waals surface area contributed by atoms with Gasteiger partial charge in [-0.3, -0.25) is 4.79 Å². The van der Waals surface area contributed by atoms with Crippen LogP contribution in [0.5, 0.6) is 0 Å². The van der Waals surface area contributed by atoms with Crippen molar-refractivity contribution in [2.45, 2.75) is 24.8 Å². The zero-order valence-corrected chi connectivity index (χ0v) is 14.2. The summed E-state index contributed by atoms with van der Waals surface area (Å²) in [6, 6.07) is 15.6. The van der Waals surface area contributed by atoms with Gasteiger partial charge in [-0.1, -0.05) is 35.9 Å². The Kier molecular flexibility index (Phi) is 4.07. The average Bonchev–Trinajstić information content (AvgIpc) is 3.36. The fraction of sp³-hybridized carbons (Fsp3) is 0.350. The van der Waals surface area contributed by atoms with Crippen LogP contribution >= 0.6 is 11.6 Å². The Hall–Kier alpha value is -1.84. The molecule has 0 aromatic heterocycles. The van der Waals surface area contributed by atoms with E-state index in [9.17, 15) is 4.79 Å². The number of benzene rings is 2. The minimum atomic E-state index is -0.450. The number of hydrogen-bond donors (Lipinski definition) is 1. The summed E-state index contributed by atoms with van der Waals surface area (Å²) in [6.45, 7) is 0.972. The number of carbonyl (C=O) groups excluding carboxylic acids is 1. The van der Waals surface area contributed by atoms with Crippen LogP contribution < -0.4 is 5.32 Å². The molecular weight excluding hydrogens is 322 g/mol. The lowest BCUT2D eigenvalue weighted by molar-refractivity contribution is -0.0733. The van der Waals surface area contributed by atoms with E-state index in [1.165, 1.54) is 18.4 Å². The van der Waals surface area contributed by atoms with Gasteiger partial charge in [0, 0.05) is 10.6 Å². The van der Waals surface area contributed by atoms with Gasteiger partial charge < -0.3 is 10.1 Å². The van der Waals surface area contributed by atoms with Gasteiger partial charge in [-0.15, -0.1) is 0 Å². The molecule has 2 aromatic rings. The first kappa shape index (κ1) is 15.7. The summed E-state index contributed by atoms with van der Waals surface area (Å²) in [6.07, 6.45) is 3.81. The van der Waals surface area contributed by atoms with Crippen LogP contribution in [-0.4, -0.2) is 19.1 Å². The van der Waals surface area contributed by atoms with E-state index >= 15 is 0 Å². The summed E-state index contributed by atoms with van der Waals surface area (Å²) in [7, 11) is 0. The van der Waals surface area contributed by atoms with Crippen LogP contribution in [-0.2, 0) is 16.7 Å². The summed E-state index contributed by atoms with van der Waals surface area (Å²) >= 11 is 5.96. The van der Waals surface area contributed by atoms with Gasteiger partial charge in [0.05, 0.1) is 13.2 Å². The quantitative estimate of drug-likeness (QED) is 0.894. The number of nitrogens with one attached hydrogen (secondary N) is 1. The Morgan fingerprint density at radius 2 is 1.75 bits per heavy atom. The van der Waals surface area contributed by atoms with Crippen LogP contribution in [0.3, 0.4) is 0 Å². The van der Waals surface area contributed by atoms with Crippen molar-refractivity contribution in [1.29, 1.82) is 0 Å². The molecule has 1 amide bonds. The lowest BCUT2D eigenvalue weighted by Gasteiger charge is -2.42. The van der Waals surface area contributed by atoms with Crippen molar-refractivity contribution in [2.24, 2.45) is 5.92 Å². The minimum absolute atomic E-state index is 0.0637. The number of carbonyl (C=O) groups is 1. The number of rotatable bonds is 5.